The van der Waals surface area contributed by atoms with Crippen LogP contribution >= 0.6 is 0 Å². The summed E-state index contributed by atoms with van der Waals surface area (Å²) in [5.41, 5.74) is 70.8. The smallest absolute Gasteiger partial charge is 0.118 e. The fourth-order valence-electron chi connectivity index (χ4n) is 10.6. The molecular weight excluding hydrogens is 953 g/mol. The summed E-state index contributed by atoms with van der Waals surface area (Å²) < 4.78 is 10.5. The van der Waals surface area contributed by atoms with Crippen LogP contribution in [0.1, 0.15) is 150 Å². The summed E-state index contributed by atoms with van der Waals surface area (Å²) in [7, 11) is 3.29. The maximum atomic E-state index is 6.86. The van der Waals surface area contributed by atoms with E-state index in [9.17, 15) is 0 Å². The van der Waals surface area contributed by atoms with Crippen LogP contribution in [0.3, 0.4) is 0 Å². The molecule has 0 heterocycles. The molecule has 2 bridgehead atoms. The van der Waals surface area contributed by atoms with E-state index in [1.54, 1.807) is 14.2 Å². The fraction of sp³-hybridized carbons (Fsp3) is 0.446. The standard InChI is InChI=1S/C19H26N2O2.C16H16N2.C14H16N2.C10H24N2.C6H14N2/c1-13(2)18(20)19(21,14-5-9-16(22-3)10-6-14)15-7-11-17(23-4)12-8-15;17-15-13-9-5-1-2-6-10(9)14(16(15)18)12-8-4-3-7-11(12)13;15-13(11-7-3-1-4-8-11)14(16)12-9-5-2-6-10-12;1-9(2,3)7(11)8(12)10(4,5)6;7-5-3-1-2-4-6(5)8/h5-13,18H,20-21H2,1-4H3;1-8,13-16H,17-18H2;1-10,13-14H,15-16H2;7-8H,11-12H2,1-6H3;5-6H,1-4,7-8H2/t18-;;13-,14?;7-,8-;5-,6-/m1.101/s1. The summed E-state index contributed by atoms with van der Waals surface area (Å²) in [5.74, 6) is 2.34. The molecule has 0 spiro atoms. The normalized spacial score (nSPS) is 21.4. The zero-order valence-corrected chi connectivity index (χ0v) is 47.9. The first-order chi connectivity index (χ1) is 36.4. The summed E-state index contributed by atoms with van der Waals surface area (Å²) in [5, 5.41) is 0. The quantitative estimate of drug-likeness (QED) is 0.0615. The van der Waals surface area contributed by atoms with Crippen LogP contribution in [0, 0.1) is 16.7 Å². The largest absolute Gasteiger partial charge is 0.497 e. The molecule has 0 aromatic heterocycles. The van der Waals surface area contributed by atoms with Gasteiger partial charge < -0.3 is 66.8 Å². The van der Waals surface area contributed by atoms with Crippen molar-refractivity contribution in [2.24, 2.45) is 74.1 Å². The van der Waals surface area contributed by atoms with E-state index >= 15 is 0 Å². The Hall–Kier alpha value is -5.48. The van der Waals surface area contributed by atoms with Gasteiger partial charge in [-0.1, -0.05) is 202 Å². The van der Waals surface area contributed by atoms with Gasteiger partial charge in [-0.25, -0.2) is 0 Å². The van der Waals surface area contributed by atoms with Gasteiger partial charge in [0.05, 0.1) is 19.8 Å². The highest BCUT2D eigenvalue weighted by atomic mass is 16.5. The van der Waals surface area contributed by atoms with Gasteiger partial charge >= 0.3 is 0 Å². The zero-order valence-electron chi connectivity index (χ0n) is 47.9. The lowest BCUT2D eigenvalue weighted by Gasteiger charge is -2.48. The van der Waals surface area contributed by atoms with Crippen molar-refractivity contribution in [3.05, 3.63) is 202 Å². The molecule has 9 atom stereocenters. The maximum absolute atomic E-state index is 6.86. The lowest BCUT2D eigenvalue weighted by Crippen LogP contribution is -2.56. The van der Waals surface area contributed by atoms with E-state index < -0.39 is 5.54 Å². The summed E-state index contributed by atoms with van der Waals surface area (Å²) in [6, 6.07) is 52.8. The van der Waals surface area contributed by atoms with E-state index in [0.717, 1.165) is 46.6 Å². The van der Waals surface area contributed by atoms with Gasteiger partial charge in [-0.3, -0.25) is 0 Å². The third-order valence-electron chi connectivity index (χ3n) is 15.9. The van der Waals surface area contributed by atoms with Crippen LogP contribution in [-0.2, 0) is 5.54 Å². The number of fused-ring (bicyclic) bond motifs is 1. The summed E-state index contributed by atoms with van der Waals surface area (Å²) in [4.78, 5) is 0. The van der Waals surface area contributed by atoms with E-state index in [1.165, 1.54) is 35.1 Å². The van der Waals surface area contributed by atoms with Crippen LogP contribution in [0.5, 0.6) is 11.5 Å². The third-order valence-corrected chi connectivity index (χ3v) is 15.9. The Bertz CT molecular complexity index is 2430. The molecule has 12 nitrogen and oxygen atoms in total. The number of hydrogen-bond acceptors (Lipinski definition) is 12. The number of rotatable bonds is 10. The molecule has 4 aliphatic rings. The lowest BCUT2D eigenvalue weighted by molar-refractivity contribution is 0.192. The molecule has 77 heavy (non-hydrogen) atoms. The molecule has 0 saturated heterocycles. The SMILES string of the molecule is CC(C)(C)[C@@H](N)[C@H](N)C(C)(C)C.COc1ccc(C(N)(c2ccc(OC)cc2)[C@H](N)C(C)C)cc1.NC(c1ccccc1)[C@H](N)c1ccccc1.NC1C2c3ccccc3C(c3ccccc32)C1N.N[C@@H]1CCCC[C@H]1N. The molecule has 1 fully saturated rings. The van der Waals surface area contributed by atoms with E-state index in [2.05, 4.69) is 104 Å². The van der Waals surface area contributed by atoms with Gasteiger partial charge in [0.2, 0.25) is 0 Å². The lowest BCUT2D eigenvalue weighted by atomic mass is 9.60. The van der Waals surface area contributed by atoms with Crippen molar-refractivity contribution >= 4 is 0 Å². The number of methoxy groups -OCH3 is 2. The van der Waals surface area contributed by atoms with Crippen molar-refractivity contribution < 1.29 is 9.47 Å². The van der Waals surface area contributed by atoms with Crippen molar-refractivity contribution in [3.63, 3.8) is 0 Å². The average molecular weight is 1050 g/mol. The van der Waals surface area contributed by atoms with Crippen molar-refractivity contribution in [1.29, 1.82) is 0 Å². The van der Waals surface area contributed by atoms with E-state index in [-0.39, 0.29) is 83.0 Å². The van der Waals surface area contributed by atoms with Crippen LogP contribution in [0.4, 0.5) is 0 Å². The second-order valence-electron chi connectivity index (χ2n) is 23.7. The van der Waals surface area contributed by atoms with E-state index in [1.807, 2.05) is 109 Å². The van der Waals surface area contributed by atoms with E-state index in [4.69, 9.17) is 66.8 Å². The second-order valence-corrected chi connectivity index (χ2v) is 23.7. The monoisotopic (exact) mass is 1050 g/mol. The Morgan fingerprint density at radius 2 is 0.701 bits per heavy atom. The molecule has 1 saturated carbocycles. The highest BCUT2D eigenvalue weighted by Crippen LogP contribution is 2.51. The van der Waals surface area contributed by atoms with Crippen molar-refractivity contribution in [2.45, 2.75) is 153 Å². The molecule has 20 N–H and O–H groups in total. The number of ether oxygens (including phenoxy) is 2. The number of nitrogens with two attached hydrogens (primary N) is 10. The minimum Gasteiger partial charge on any atom is -0.497 e. The Morgan fingerprint density at radius 1 is 0.416 bits per heavy atom. The Balaban J connectivity index is 0.000000184. The highest BCUT2D eigenvalue weighted by Gasteiger charge is 2.46. The van der Waals surface area contributed by atoms with Gasteiger partial charge in [-0.05, 0) is 98.4 Å². The molecule has 4 aliphatic carbocycles. The van der Waals surface area contributed by atoms with Crippen LogP contribution < -0.4 is 66.8 Å². The fourth-order valence-corrected chi connectivity index (χ4v) is 10.6. The number of benzene rings is 6. The number of hydrogen-bond donors (Lipinski definition) is 10. The maximum Gasteiger partial charge on any atom is 0.118 e. The van der Waals surface area contributed by atoms with Crippen LogP contribution in [-0.4, -0.2) is 56.5 Å². The first-order valence-electron chi connectivity index (χ1n) is 27.5. The van der Waals surface area contributed by atoms with Crippen molar-refractivity contribution in [1.82, 2.24) is 0 Å². The van der Waals surface area contributed by atoms with Gasteiger partial charge in [0.1, 0.15) is 11.5 Å². The predicted octanol–water partition coefficient (Wildman–Crippen LogP) is 9.16. The van der Waals surface area contributed by atoms with Gasteiger partial charge in [0.25, 0.3) is 0 Å². The molecule has 3 unspecified atom stereocenters. The topological polar surface area (TPSA) is 279 Å². The molecule has 12 heteroatoms. The van der Waals surface area contributed by atoms with Crippen LogP contribution in [0.2, 0.25) is 0 Å². The summed E-state index contributed by atoms with van der Waals surface area (Å²) >= 11 is 0. The summed E-state index contributed by atoms with van der Waals surface area (Å²) in [6.45, 7) is 16.9. The minimum absolute atomic E-state index is 0.0276. The molecule has 0 aliphatic heterocycles. The Morgan fingerprint density at radius 3 is 0.948 bits per heavy atom. The molecule has 6 aromatic carbocycles. The van der Waals surface area contributed by atoms with Crippen LogP contribution in [0.15, 0.2) is 158 Å². The molecule has 0 amide bonds. The van der Waals surface area contributed by atoms with Gasteiger partial charge in [-0.15, -0.1) is 0 Å². The second kappa shape index (κ2) is 27.9. The van der Waals surface area contributed by atoms with Gasteiger partial charge in [0.15, 0.2) is 0 Å². The Labute approximate surface area is 462 Å². The van der Waals surface area contributed by atoms with Gasteiger partial charge in [-0.2, -0.15) is 0 Å². The predicted molar refractivity (Wildman–Crippen MR) is 322 cm³/mol. The molecular formula is C65H96N10O2. The zero-order chi connectivity index (χ0) is 56.8. The molecule has 418 valence electrons. The minimum atomic E-state index is -0.785. The van der Waals surface area contributed by atoms with Crippen molar-refractivity contribution in [2.75, 3.05) is 14.2 Å². The molecule has 10 rings (SSSR count). The first kappa shape index (κ1) is 62.4. The van der Waals surface area contributed by atoms with Gasteiger partial charge in [0, 0.05) is 66.2 Å². The molecule has 0 radical (unpaired) electrons. The highest BCUT2D eigenvalue weighted by molar-refractivity contribution is 5.58. The first-order valence-corrected chi connectivity index (χ1v) is 27.5. The average Bonchev–Trinajstić information content (AvgIpc) is 3.51. The molecule has 6 aromatic rings. The van der Waals surface area contributed by atoms with Crippen LogP contribution in [0.25, 0.3) is 0 Å². The van der Waals surface area contributed by atoms with E-state index in [0.29, 0.717) is 0 Å². The third kappa shape index (κ3) is 15.6. The Kier molecular flexibility index (Phi) is 22.6. The summed E-state index contributed by atoms with van der Waals surface area (Å²) in [6.07, 6.45) is 4.80. The van der Waals surface area contributed by atoms with Crippen molar-refractivity contribution in [3.8, 4) is 11.5 Å².